The van der Waals surface area contributed by atoms with Crippen molar-refractivity contribution in [3.8, 4) is 0 Å². The predicted octanol–water partition coefficient (Wildman–Crippen LogP) is 2.58. The summed E-state index contributed by atoms with van der Waals surface area (Å²) in [6.45, 7) is -0.418. The van der Waals surface area contributed by atoms with Gasteiger partial charge in [-0.3, -0.25) is 19.7 Å². The van der Waals surface area contributed by atoms with Gasteiger partial charge in [0.1, 0.15) is 5.69 Å². The van der Waals surface area contributed by atoms with Crippen LogP contribution < -0.4 is 5.32 Å². The molecule has 0 unspecified atom stereocenters. The van der Waals surface area contributed by atoms with Gasteiger partial charge in [0.05, 0.1) is 0 Å². The predicted molar refractivity (Wildman–Crippen MR) is 89.3 cm³/mol. The first-order chi connectivity index (χ1) is 11.6. The van der Waals surface area contributed by atoms with Crippen LogP contribution in [0.1, 0.15) is 61.9 Å². The van der Waals surface area contributed by atoms with Crippen LogP contribution in [0.4, 0.5) is 0 Å². The number of nitrogens with one attached hydrogen (secondary N) is 1. The Labute approximate surface area is 142 Å². The van der Waals surface area contributed by atoms with Gasteiger partial charge in [0.15, 0.2) is 6.61 Å². The Hall–Kier alpha value is -2.11. The lowest BCUT2D eigenvalue weighted by Gasteiger charge is -2.20. The quantitative estimate of drug-likeness (QED) is 0.778. The molecule has 0 aromatic carbocycles. The fourth-order valence-electron chi connectivity index (χ4n) is 3.15. The first-order valence-corrected chi connectivity index (χ1v) is 8.67. The Morgan fingerprint density at radius 1 is 1.25 bits per heavy atom. The van der Waals surface area contributed by atoms with E-state index in [1.165, 1.54) is 32.1 Å². The van der Waals surface area contributed by atoms with Crippen LogP contribution in [0.5, 0.6) is 0 Å². The van der Waals surface area contributed by atoms with Gasteiger partial charge >= 0.3 is 5.97 Å². The Morgan fingerprint density at radius 2 is 2.00 bits per heavy atom. The maximum atomic E-state index is 11.8. The molecule has 0 radical (unpaired) electrons. The van der Waals surface area contributed by atoms with E-state index in [1.807, 2.05) is 0 Å². The molecule has 6 heteroatoms. The number of nitrogens with zero attached hydrogens (tertiary/aromatic N) is 1. The van der Waals surface area contributed by atoms with Gasteiger partial charge in [0.2, 0.25) is 0 Å². The molecule has 1 saturated carbocycles. The molecule has 1 aromatic rings. The molecule has 1 heterocycles. The summed E-state index contributed by atoms with van der Waals surface area (Å²) in [6, 6.07) is 3.33. The summed E-state index contributed by atoms with van der Waals surface area (Å²) in [6.07, 6.45) is 10.3. The summed E-state index contributed by atoms with van der Waals surface area (Å²) in [5.74, 6) is -0.757. The molecule has 1 aliphatic carbocycles. The molecule has 0 spiro atoms. The summed E-state index contributed by atoms with van der Waals surface area (Å²) in [5, 5.41) is 2.21. The van der Waals surface area contributed by atoms with E-state index in [-0.39, 0.29) is 5.97 Å². The number of rotatable bonds is 7. The smallest absolute Gasteiger partial charge is 0.306 e. The van der Waals surface area contributed by atoms with Crippen molar-refractivity contribution < 1.29 is 19.1 Å². The van der Waals surface area contributed by atoms with Crippen molar-refractivity contribution >= 4 is 17.8 Å². The zero-order chi connectivity index (χ0) is 17.4. The summed E-state index contributed by atoms with van der Waals surface area (Å²) in [7, 11) is 1.71. The second kappa shape index (κ2) is 9.25. The average molecular weight is 334 g/mol. The van der Waals surface area contributed by atoms with Crippen LogP contribution in [-0.4, -0.2) is 29.0 Å². The van der Waals surface area contributed by atoms with E-state index in [0.29, 0.717) is 12.1 Å². The molecular formula is C18H26N2O4. The molecule has 2 amide bonds. The molecule has 0 atom stereocenters. The second-order valence-corrected chi connectivity index (χ2v) is 6.44. The van der Waals surface area contributed by atoms with Gasteiger partial charge in [0, 0.05) is 19.7 Å². The van der Waals surface area contributed by atoms with E-state index < -0.39 is 18.4 Å². The van der Waals surface area contributed by atoms with E-state index in [2.05, 4.69) is 5.32 Å². The lowest BCUT2D eigenvalue weighted by Crippen LogP contribution is -2.35. The number of ether oxygens (including phenoxy) is 1. The maximum absolute atomic E-state index is 11.8. The third kappa shape index (κ3) is 5.83. The minimum absolute atomic E-state index is 0.329. The standard InChI is InChI=1S/C18H26N2O4/c1-20-12-6-10-15(20)18(23)19-16(21)13-24-17(22)11-5-9-14-7-3-2-4-8-14/h6,10,12,14H,2-5,7-9,11,13H2,1H3,(H,19,21,23). The van der Waals surface area contributed by atoms with E-state index in [4.69, 9.17) is 4.74 Å². The zero-order valence-corrected chi connectivity index (χ0v) is 14.3. The number of amides is 2. The van der Waals surface area contributed by atoms with E-state index in [1.54, 1.807) is 29.9 Å². The number of hydrogen-bond acceptors (Lipinski definition) is 4. The number of aryl methyl sites for hydroxylation is 1. The molecule has 1 fully saturated rings. The number of carbonyl (C=O) groups excluding carboxylic acids is 3. The summed E-state index contributed by atoms with van der Waals surface area (Å²) >= 11 is 0. The number of imide groups is 1. The van der Waals surface area contributed by atoms with Gasteiger partial charge in [0.25, 0.3) is 11.8 Å². The molecule has 0 bridgehead atoms. The third-order valence-corrected chi connectivity index (χ3v) is 4.51. The minimum atomic E-state index is -0.609. The van der Waals surface area contributed by atoms with Crippen LogP contribution in [0.15, 0.2) is 18.3 Å². The van der Waals surface area contributed by atoms with Crippen molar-refractivity contribution in [1.29, 1.82) is 0 Å². The van der Waals surface area contributed by atoms with Gasteiger partial charge < -0.3 is 9.30 Å². The van der Waals surface area contributed by atoms with Gasteiger partial charge in [-0.05, 0) is 30.9 Å². The van der Waals surface area contributed by atoms with Gasteiger partial charge in [-0.15, -0.1) is 0 Å². The largest absolute Gasteiger partial charge is 0.456 e. The lowest BCUT2D eigenvalue weighted by molar-refractivity contribution is -0.148. The maximum Gasteiger partial charge on any atom is 0.306 e. The summed E-state index contributed by atoms with van der Waals surface area (Å²) in [5.41, 5.74) is 0.377. The van der Waals surface area contributed by atoms with Crippen molar-refractivity contribution in [2.45, 2.75) is 51.4 Å². The molecule has 6 nitrogen and oxygen atoms in total. The number of esters is 1. The summed E-state index contributed by atoms with van der Waals surface area (Å²) in [4.78, 5) is 35.2. The molecule has 1 N–H and O–H groups in total. The number of aromatic nitrogens is 1. The van der Waals surface area contributed by atoms with Gasteiger partial charge in [-0.25, -0.2) is 0 Å². The molecule has 132 valence electrons. The van der Waals surface area contributed by atoms with Crippen LogP contribution in [0, 0.1) is 5.92 Å². The highest BCUT2D eigenvalue weighted by Crippen LogP contribution is 2.27. The molecule has 1 aromatic heterocycles. The molecule has 0 saturated heterocycles. The number of hydrogen-bond donors (Lipinski definition) is 1. The molecule has 1 aliphatic rings. The Kier molecular flexibility index (Phi) is 7.03. The van der Waals surface area contributed by atoms with Crippen molar-refractivity contribution in [1.82, 2.24) is 9.88 Å². The highest BCUT2D eigenvalue weighted by molar-refractivity contribution is 6.04. The highest BCUT2D eigenvalue weighted by atomic mass is 16.5. The molecular weight excluding hydrogens is 308 g/mol. The summed E-state index contributed by atoms with van der Waals surface area (Å²) < 4.78 is 6.54. The van der Waals surface area contributed by atoms with Gasteiger partial charge in [-0.1, -0.05) is 32.1 Å². The average Bonchev–Trinajstić information content (AvgIpc) is 3.00. The topological polar surface area (TPSA) is 77.4 Å². The van der Waals surface area contributed by atoms with Crippen molar-refractivity contribution in [2.24, 2.45) is 13.0 Å². The first-order valence-electron chi connectivity index (χ1n) is 8.67. The van der Waals surface area contributed by atoms with Crippen LogP contribution in [0.3, 0.4) is 0 Å². The monoisotopic (exact) mass is 334 g/mol. The first kappa shape index (κ1) is 18.2. The van der Waals surface area contributed by atoms with Crippen molar-refractivity contribution in [3.63, 3.8) is 0 Å². The molecule has 0 aliphatic heterocycles. The fraction of sp³-hybridized carbons (Fsp3) is 0.611. The highest BCUT2D eigenvalue weighted by Gasteiger charge is 2.16. The normalized spacial score (nSPS) is 15.0. The van der Waals surface area contributed by atoms with Crippen LogP contribution in [0.2, 0.25) is 0 Å². The SMILES string of the molecule is Cn1cccc1C(=O)NC(=O)COC(=O)CCCC1CCCCC1. The van der Waals surface area contributed by atoms with E-state index in [0.717, 1.165) is 18.8 Å². The van der Waals surface area contributed by atoms with E-state index in [9.17, 15) is 14.4 Å². The zero-order valence-electron chi connectivity index (χ0n) is 14.3. The molecule has 2 rings (SSSR count). The Balaban J connectivity index is 1.59. The lowest BCUT2D eigenvalue weighted by atomic mass is 9.86. The second-order valence-electron chi connectivity index (χ2n) is 6.44. The fourth-order valence-corrected chi connectivity index (χ4v) is 3.15. The van der Waals surface area contributed by atoms with E-state index >= 15 is 0 Å². The minimum Gasteiger partial charge on any atom is -0.456 e. The van der Waals surface area contributed by atoms with Gasteiger partial charge in [-0.2, -0.15) is 0 Å². The van der Waals surface area contributed by atoms with Crippen LogP contribution >= 0.6 is 0 Å². The Bertz CT molecular complexity index is 573. The molecule has 24 heavy (non-hydrogen) atoms. The Morgan fingerprint density at radius 3 is 2.67 bits per heavy atom. The van der Waals surface area contributed by atoms with Crippen LogP contribution in [0.25, 0.3) is 0 Å². The van der Waals surface area contributed by atoms with Crippen molar-refractivity contribution in [3.05, 3.63) is 24.0 Å². The number of carbonyl (C=O) groups is 3. The van der Waals surface area contributed by atoms with Crippen LogP contribution in [-0.2, 0) is 21.4 Å². The third-order valence-electron chi connectivity index (χ3n) is 4.51. The van der Waals surface area contributed by atoms with Crippen molar-refractivity contribution in [2.75, 3.05) is 6.61 Å².